The van der Waals surface area contributed by atoms with E-state index >= 15 is 0 Å². The van der Waals surface area contributed by atoms with Gasteiger partial charge in [-0.15, -0.1) is 0 Å². The molecule has 5 heteroatoms. The van der Waals surface area contributed by atoms with Crippen molar-refractivity contribution < 1.29 is 14.3 Å². The summed E-state index contributed by atoms with van der Waals surface area (Å²) in [7, 11) is 1.55. The summed E-state index contributed by atoms with van der Waals surface area (Å²) in [6.45, 7) is 6.63. The number of ether oxygens (including phenoxy) is 2. The van der Waals surface area contributed by atoms with Crippen molar-refractivity contribution in [2.75, 3.05) is 7.11 Å². The molecule has 122 valence electrons. The van der Waals surface area contributed by atoms with Crippen LogP contribution in [-0.2, 0) is 12.0 Å². The van der Waals surface area contributed by atoms with E-state index in [0.717, 1.165) is 11.3 Å². The molecule has 2 N–H and O–H groups in total. The highest BCUT2D eigenvalue weighted by Crippen LogP contribution is 2.26. The third kappa shape index (κ3) is 4.22. The van der Waals surface area contributed by atoms with Crippen molar-refractivity contribution in [3.05, 3.63) is 53.3 Å². The molecule has 0 saturated carbocycles. The Morgan fingerprint density at radius 3 is 2.48 bits per heavy atom. The topological polar surface area (TPSA) is 74.4 Å². The van der Waals surface area contributed by atoms with Crippen molar-refractivity contribution in [1.82, 2.24) is 4.98 Å². The molecule has 0 spiro atoms. The lowest BCUT2D eigenvalue weighted by Gasteiger charge is -2.17. The lowest BCUT2D eigenvalue weighted by molar-refractivity contribution is 0.0996. The van der Waals surface area contributed by atoms with Crippen LogP contribution in [0, 0.1) is 0 Å². The van der Waals surface area contributed by atoms with Crippen LogP contribution in [-0.4, -0.2) is 18.0 Å². The van der Waals surface area contributed by atoms with Crippen LogP contribution in [0.15, 0.2) is 36.5 Å². The van der Waals surface area contributed by atoms with E-state index in [1.807, 2.05) is 12.1 Å². The number of carbonyl (C=O) groups excluding carboxylic acids is 1. The average Bonchev–Trinajstić information content (AvgIpc) is 2.52. The molecule has 0 unspecified atom stereocenters. The molecule has 1 aromatic heterocycles. The highest BCUT2D eigenvalue weighted by molar-refractivity contribution is 5.95. The van der Waals surface area contributed by atoms with Crippen LogP contribution >= 0.6 is 0 Å². The van der Waals surface area contributed by atoms with Crippen LogP contribution < -0.4 is 15.2 Å². The van der Waals surface area contributed by atoms with Crippen molar-refractivity contribution in [2.24, 2.45) is 5.73 Å². The fraction of sp³-hybridized carbons (Fsp3) is 0.333. The van der Waals surface area contributed by atoms with Crippen LogP contribution in [0.2, 0.25) is 0 Å². The lowest BCUT2D eigenvalue weighted by atomic mass is 9.91. The minimum atomic E-state index is -0.538. The minimum Gasteiger partial charge on any atom is -0.497 e. The Hall–Kier alpha value is -2.56. The van der Waals surface area contributed by atoms with Gasteiger partial charge in [0.25, 0.3) is 5.91 Å². The summed E-state index contributed by atoms with van der Waals surface area (Å²) in [6, 6.07) is 8.87. The monoisotopic (exact) mass is 314 g/mol. The summed E-state index contributed by atoms with van der Waals surface area (Å²) < 4.78 is 10.9. The van der Waals surface area contributed by atoms with Gasteiger partial charge in [0.1, 0.15) is 18.1 Å². The lowest BCUT2D eigenvalue weighted by Crippen LogP contribution is -2.14. The summed E-state index contributed by atoms with van der Waals surface area (Å²) in [5.74, 6) is 0.465. The van der Waals surface area contributed by atoms with Gasteiger partial charge in [-0.1, -0.05) is 26.8 Å². The van der Waals surface area contributed by atoms with E-state index in [-0.39, 0.29) is 5.41 Å². The number of nitrogens with two attached hydrogens (primary N) is 1. The summed E-state index contributed by atoms with van der Waals surface area (Å²) in [4.78, 5) is 15.9. The molecule has 23 heavy (non-hydrogen) atoms. The second-order valence-electron chi connectivity index (χ2n) is 6.32. The fourth-order valence-electron chi connectivity index (χ4n) is 2.07. The molecule has 0 radical (unpaired) electrons. The second kappa shape index (κ2) is 6.69. The van der Waals surface area contributed by atoms with Crippen LogP contribution in [0.3, 0.4) is 0 Å². The number of amides is 1. The number of aromatic nitrogens is 1. The van der Waals surface area contributed by atoms with Gasteiger partial charge >= 0.3 is 0 Å². The average molecular weight is 314 g/mol. The largest absolute Gasteiger partial charge is 0.497 e. The zero-order valence-corrected chi connectivity index (χ0v) is 13.9. The molecule has 0 aliphatic carbocycles. The van der Waals surface area contributed by atoms with Gasteiger partial charge in [0.15, 0.2) is 0 Å². The second-order valence-corrected chi connectivity index (χ2v) is 6.32. The number of hydrogen-bond acceptors (Lipinski definition) is 4. The van der Waals surface area contributed by atoms with E-state index in [1.165, 1.54) is 0 Å². The van der Waals surface area contributed by atoms with Gasteiger partial charge in [-0.25, -0.2) is 0 Å². The molecule has 0 atom stereocenters. The highest BCUT2D eigenvalue weighted by Gasteiger charge is 2.15. The number of benzene rings is 1. The van der Waals surface area contributed by atoms with Gasteiger partial charge in [0.2, 0.25) is 0 Å². The Kier molecular flexibility index (Phi) is 4.89. The van der Waals surface area contributed by atoms with Crippen LogP contribution in [0.1, 0.15) is 42.4 Å². The number of pyridine rings is 1. The molecule has 5 nitrogen and oxygen atoms in total. The number of rotatable bonds is 5. The maximum absolute atomic E-state index is 11.5. The summed E-state index contributed by atoms with van der Waals surface area (Å²) >= 11 is 0. The number of hydrogen-bond donors (Lipinski definition) is 1. The standard InChI is InChI=1S/C18H22N2O3/c1-18(2,3)16-8-5-12(10-20-16)11-23-15-9-13(22-4)6-7-14(15)17(19)21/h5-10H,11H2,1-4H3,(H2,19,21). The van der Waals surface area contributed by atoms with Crippen molar-refractivity contribution >= 4 is 5.91 Å². The number of methoxy groups -OCH3 is 1. The normalized spacial score (nSPS) is 11.1. The minimum absolute atomic E-state index is 0.00528. The van der Waals surface area contributed by atoms with E-state index in [0.29, 0.717) is 23.7 Å². The molecule has 2 rings (SSSR count). The molecule has 1 heterocycles. The first-order valence-corrected chi connectivity index (χ1v) is 7.37. The van der Waals surface area contributed by atoms with E-state index in [1.54, 1.807) is 31.5 Å². The number of primary amides is 1. The zero-order chi connectivity index (χ0) is 17.0. The van der Waals surface area contributed by atoms with Crippen molar-refractivity contribution in [3.8, 4) is 11.5 Å². The smallest absolute Gasteiger partial charge is 0.252 e. The third-order valence-corrected chi connectivity index (χ3v) is 3.44. The van der Waals surface area contributed by atoms with Crippen LogP contribution in [0.25, 0.3) is 0 Å². The van der Waals surface area contributed by atoms with E-state index in [9.17, 15) is 4.79 Å². The van der Waals surface area contributed by atoms with Gasteiger partial charge in [0, 0.05) is 28.9 Å². The predicted molar refractivity (Wildman–Crippen MR) is 88.8 cm³/mol. The Labute approximate surface area is 136 Å². The highest BCUT2D eigenvalue weighted by atomic mass is 16.5. The van der Waals surface area contributed by atoms with Gasteiger partial charge in [-0.3, -0.25) is 9.78 Å². The van der Waals surface area contributed by atoms with Gasteiger partial charge in [-0.05, 0) is 18.2 Å². The molecule has 0 aliphatic heterocycles. The van der Waals surface area contributed by atoms with Crippen molar-refractivity contribution in [3.63, 3.8) is 0 Å². The van der Waals surface area contributed by atoms with Crippen LogP contribution in [0.5, 0.6) is 11.5 Å². The Bertz CT molecular complexity index is 688. The van der Waals surface area contributed by atoms with E-state index < -0.39 is 5.91 Å². The zero-order valence-electron chi connectivity index (χ0n) is 13.9. The maximum Gasteiger partial charge on any atom is 0.252 e. The first kappa shape index (κ1) is 16.8. The van der Waals surface area contributed by atoms with Gasteiger partial charge in [-0.2, -0.15) is 0 Å². The Morgan fingerprint density at radius 2 is 1.96 bits per heavy atom. The van der Waals surface area contributed by atoms with Gasteiger partial charge < -0.3 is 15.2 Å². The molecule has 0 aliphatic rings. The molecular weight excluding hydrogens is 292 g/mol. The van der Waals surface area contributed by atoms with Gasteiger partial charge in [0.05, 0.1) is 12.7 Å². The molecule has 2 aromatic rings. The summed E-state index contributed by atoms with van der Waals surface area (Å²) in [5, 5.41) is 0. The molecule has 0 fully saturated rings. The molecule has 1 amide bonds. The molecule has 0 bridgehead atoms. The first-order valence-electron chi connectivity index (χ1n) is 7.37. The maximum atomic E-state index is 11.5. The molecule has 0 saturated heterocycles. The van der Waals surface area contributed by atoms with E-state index in [4.69, 9.17) is 15.2 Å². The Balaban J connectivity index is 2.15. The first-order chi connectivity index (χ1) is 10.8. The summed E-state index contributed by atoms with van der Waals surface area (Å²) in [6.07, 6.45) is 1.78. The van der Waals surface area contributed by atoms with Crippen molar-refractivity contribution in [2.45, 2.75) is 32.8 Å². The fourth-order valence-corrected chi connectivity index (χ4v) is 2.07. The van der Waals surface area contributed by atoms with Crippen molar-refractivity contribution in [1.29, 1.82) is 0 Å². The number of carbonyl (C=O) groups is 1. The summed E-state index contributed by atoms with van der Waals surface area (Å²) in [5.41, 5.74) is 7.63. The van der Waals surface area contributed by atoms with Crippen LogP contribution in [0.4, 0.5) is 0 Å². The quantitative estimate of drug-likeness (QED) is 0.920. The molecule has 1 aromatic carbocycles. The molecular formula is C18H22N2O3. The Morgan fingerprint density at radius 1 is 1.22 bits per heavy atom. The number of nitrogens with zero attached hydrogens (tertiary/aromatic N) is 1. The predicted octanol–water partition coefficient (Wildman–Crippen LogP) is 3.07. The third-order valence-electron chi connectivity index (χ3n) is 3.44. The SMILES string of the molecule is COc1ccc(C(N)=O)c(OCc2ccc(C(C)(C)C)nc2)c1. The van der Waals surface area contributed by atoms with E-state index in [2.05, 4.69) is 25.8 Å².